The average molecular weight is 389 g/mol. The molecule has 1 saturated carbocycles. The van der Waals surface area contributed by atoms with Crippen molar-refractivity contribution in [2.75, 3.05) is 0 Å². The molecule has 0 saturated heterocycles. The molecule has 0 aliphatic heterocycles. The van der Waals surface area contributed by atoms with Gasteiger partial charge in [0, 0.05) is 28.8 Å². The van der Waals surface area contributed by atoms with Gasteiger partial charge in [0.2, 0.25) is 0 Å². The molecule has 2 heterocycles. The third kappa shape index (κ3) is 3.24. The Balaban J connectivity index is 1.51. The van der Waals surface area contributed by atoms with Crippen molar-refractivity contribution in [1.29, 1.82) is 0 Å². The lowest BCUT2D eigenvalue weighted by Crippen LogP contribution is -2.03. The second-order valence-electron chi connectivity index (χ2n) is 7.16. The van der Waals surface area contributed by atoms with Gasteiger partial charge in [-0.2, -0.15) is 0 Å². The van der Waals surface area contributed by atoms with Gasteiger partial charge in [-0.25, -0.2) is 4.79 Å². The molecule has 5 rings (SSSR count). The van der Waals surface area contributed by atoms with E-state index in [1.165, 1.54) is 12.8 Å². The van der Waals surface area contributed by atoms with E-state index >= 15 is 0 Å². The van der Waals surface area contributed by atoms with E-state index in [0.717, 1.165) is 33.2 Å². The van der Waals surface area contributed by atoms with E-state index in [2.05, 4.69) is 26.9 Å². The van der Waals surface area contributed by atoms with Gasteiger partial charge >= 0.3 is 5.63 Å². The highest BCUT2D eigenvalue weighted by atomic mass is 32.2. The fourth-order valence-corrected chi connectivity index (χ4v) is 4.35. The van der Waals surface area contributed by atoms with Crippen LogP contribution in [-0.2, 0) is 5.75 Å². The summed E-state index contributed by atoms with van der Waals surface area (Å²) >= 11 is 1.60. The summed E-state index contributed by atoms with van der Waals surface area (Å²) in [7, 11) is 0. The first-order chi connectivity index (χ1) is 13.7. The van der Waals surface area contributed by atoms with Crippen LogP contribution in [-0.4, -0.2) is 14.8 Å². The first-order valence-corrected chi connectivity index (χ1v) is 10.3. The van der Waals surface area contributed by atoms with Gasteiger partial charge in [0.15, 0.2) is 5.16 Å². The highest BCUT2D eigenvalue weighted by Gasteiger charge is 2.31. The Bertz CT molecular complexity index is 1210. The number of hydrogen-bond donors (Lipinski definition) is 0. The lowest BCUT2D eigenvalue weighted by molar-refractivity contribution is 0.559. The number of benzene rings is 2. The SMILES string of the molecule is Cc1ccc2c(CSc3nnc(C4CC4)n3-c3ccccc3)cc(=O)oc2c1. The van der Waals surface area contributed by atoms with Crippen LogP contribution in [0.4, 0.5) is 0 Å². The Morgan fingerprint density at radius 2 is 1.93 bits per heavy atom. The van der Waals surface area contributed by atoms with Crippen LogP contribution in [0.15, 0.2) is 69.0 Å². The Kier molecular flexibility index (Phi) is 4.28. The second kappa shape index (κ2) is 6.95. The van der Waals surface area contributed by atoms with Crippen LogP contribution in [0.25, 0.3) is 16.7 Å². The van der Waals surface area contributed by atoms with E-state index in [-0.39, 0.29) is 5.63 Å². The molecule has 1 aliphatic rings. The zero-order valence-corrected chi connectivity index (χ0v) is 16.3. The number of thioether (sulfide) groups is 1. The van der Waals surface area contributed by atoms with Crippen LogP contribution in [0.3, 0.4) is 0 Å². The monoisotopic (exact) mass is 389 g/mol. The molecular weight excluding hydrogens is 370 g/mol. The summed E-state index contributed by atoms with van der Waals surface area (Å²) in [5.41, 5.74) is 3.40. The van der Waals surface area contributed by atoms with Crippen LogP contribution in [0.5, 0.6) is 0 Å². The van der Waals surface area contributed by atoms with Gasteiger partial charge < -0.3 is 4.42 Å². The van der Waals surface area contributed by atoms with Crippen molar-refractivity contribution >= 4 is 22.7 Å². The fraction of sp³-hybridized carbons (Fsp3) is 0.227. The number of hydrogen-bond acceptors (Lipinski definition) is 5. The van der Waals surface area contributed by atoms with Crippen LogP contribution < -0.4 is 5.63 Å². The minimum atomic E-state index is -0.322. The van der Waals surface area contributed by atoms with E-state index in [1.807, 2.05) is 43.3 Å². The molecule has 4 aromatic rings. The van der Waals surface area contributed by atoms with Gasteiger partial charge in [-0.1, -0.05) is 42.1 Å². The highest BCUT2D eigenvalue weighted by Crippen LogP contribution is 2.41. The fourth-order valence-electron chi connectivity index (χ4n) is 3.40. The minimum Gasteiger partial charge on any atom is -0.423 e. The Labute approximate surface area is 166 Å². The molecule has 28 heavy (non-hydrogen) atoms. The molecule has 5 nitrogen and oxygen atoms in total. The number of aryl methyl sites for hydroxylation is 1. The minimum absolute atomic E-state index is 0.322. The maximum atomic E-state index is 12.0. The molecule has 140 valence electrons. The van der Waals surface area contributed by atoms with Gasteiger partial charge in [0.1, 0.15) is 11.4 Å². The number of nitrogens with zero attached hydrogens (tertiary/aromatic N) is 3. The van der Waals surface area contributed by atoms with Crippen molar-refractivity contribution in [1.82, 2.24) is 14.8 Å². The summed E-state index contributed by atoms with van der Waals surface area (Å²) in [6.45, 7) is 1.99. The third-order valence-electron chi connectivity index (χ3n) is 4.96. The van der Waals surface area contributed by atoms with E-state index in [9.17, 15) is 4.79 Å². The zero-order chi connectivity index (χ0) is 19.1. The van der Waals surface area contributed by atoms with Gasteiger partial charge in [-0.15, -0.1) is 10.2 Å². The lowest BCUT2D eigenvalue weighted by atomic mass is 10.1. The molecule has 0 unspecified atom stereocenters. The molecular formula is C22H19N3O2S. The molecule has 0 spiro atoms. The number of fused-ring (bicyclic) bond motifs is 1. The summed E-state index contributed by atoms with van der Waals surface area (Å²) in [6.07, 6.45) is 2.33. The van der Waals surface area contributed by atoms with Crippen molar-refractivity contribution in [3.63, 3.8) is 0 Å². The van der Waals surface area contributed by atoms with Crippen molar-refractivity contribution in [2.45, 2.75) is 36.6 Å². The predicted molar refractivity (Wildman–Crippen MR) is 110 cm³/mol. The van der Waals surface area contributed by atoms with Crippen molar-refractivity contribution in [2.24, 2.45) is 0 Å². The molecule has 0 N–H and O–H groups in total. The first kappa shape index (κ1) is 17.3. The molecule has 0 bridgehead atoms. The summed E-state index contributed by atoms with van der Waals surface area (Å²) in [6, 6.07) is 17.8. The van der Waals surface area contributed by atoms with Crippen LogP contribution in [0, 0.1) is 6.92 Å². The quantitative estimate of drug-likeness (QED) is 0.361. The van der Waals surface area contributed by atoms with E-state index < -0.39 is 0 Å². The van der Waals surface area contributed by atoms with Crippen molar-refractivity contribution in [3.8, 4) is 5.69 Å². The van der Waals surface area contributed by atoms with Gasteiger partial charge in [0.05, 0.1) is 0 Å². The number of para-hydroxylation sites is 1. The summed E-state index contributed by atoms with van der Waals surface area (Å²) < 4.78 is 7.53. The Morgan fingerprint density at radius 3 is 2.71 bits per heavy atom. The van der Waals surface area contributed by atoms with Gasteiger partial charge in [-0.05, 0) is 49.1 Å². The highest BCUT2D eigenvalue weighted by molar-refractivity contribution is 7.98. The molecule has 0 atom stereocenters. The smallest absolute Gasteiger partial charge is 0.336 e. The lowest BCUT2D eigenvalue weighted by Gasteiger charge is -2.10. The number of rotatable bonds is 5. The molecule has 1 aliphatic carbocycles. The largest absolute Gasteiger partial charge is 0.423 e. The van der Waals surface area contributed by atoms with Crippen molar-refractivity contribution < 1.29 is 4.42 Å². The van der Waals surface area contributed by atoms with Crippen LogP contribution >= 0.6 is 11.8 Å². The molecule has 0 amide bonds. The van der Waals surface area contributed by atoms with E-state index in [4.69, 9.17) is 4.42 Å². The maximum Gasteiger partial charge on any atom is 0.336 e. The Hall–Kier alpha value is -2.86. The Morgan fingerprint density at radius 1 is 1.11 bits per heavy atom. The molecule has 6 heteroatoms. The van der Waals surface area contributed by atoms with Gasteiger partial charge in [0.25, 0.3) is 0 Å². The van der Waals surface area contributed by atoms with Crippen LogP contribution in [0.1, 0.15) is 35.7 Å². The molecule has 2 aromatic heterocycles. The van der Waals surface area contributed by atoms with E-state index in [1.54, 1.807) is 17.8 Å². The third-order valence-corrected chi connectivity index (χ3v) is 5.94. The van der Waals surface area contributed by atoms with Gasteiger partial charge in [-0.3, -0.25) is 4.57 Å². The molecule has 1 fully saturated rings. The van der Waals surface area contributed by atoms with Crippen molar-refractivity contribution in [3.05, 3.63) is 82.0 Å². The standard InChI is InChI=1S/C22H19N3O2S/c1-14-7-10-18-16(12-20(26)27-19(18)11-14)13-28-22-24-23-21(15-8-9-15)25(22)17-5-3-2-4-6-17/h2-7,10-12,15H,8-9,13H2,1H3. The summed E-state index contributed by atoms with van der Waals surface area (Å²) in [5.74, 6) is 2.15. The predicted octanol–water partition coefficient (Wildman–Crippen LogP) is 4.85. The van der Waals surface area contributed by atoms with E-state index in [0.29, 0.717) is 17.3 Å². The second-order valence-corrected chi connectivity index (χ2v) is 8.11. The molecule has 0 radical (unpaired) electrons. The summed E-state index contributed by atoms with van der Waals surface area (Å²) in [5, 5.41) is 10.7. The topological polar surface area (TPSA) is 60.9 Å². The maximum absolute atomic E-state index is 12.0. The average Bonchev–Trinajstić information content (AvgIpc) is 3.45. The number of aromatic nitrogens is 3. The summed E-state index contributed by atoms with van der Waals surface area (Å²) in [4.78, 5) is 12.0. The van der Waals surface area contributed by atoms with Crippen LogP contribution in [0.2, 0.25) is 0 Å². The molecule has 2 aromatic carbocycles. The zero-order valence-electron chi connectivity index (χ0n) is 15.5. The first-order valence-electron chi connectivity index (χ1n) is 9.36. The normalized spacial score (nSPS) is 13.9.